The third kappa shape index (κ3) is 3.29. The summed E-state index contributed by atoms with van der Waals surface area (Å²) >= 11 is 0. The Kier molecular flexibility index (Phi) is 4.66. The standard InChI is InChI=1S/C22H25F2N7O/c1-21-4-5-22(2,29-21)20(24)17(8-21)31(3)19-11-25-15(9-26-19)13-6-14(23)12(7-18(13)32)16-10-27-30-28-16/h6-7,9-11,17,20,29,32H,4-5,8H2,1-3H3,(H,27,28,30)/t17-,20-,21-,22+/m1/s1. The molecule has 10 heteroatoms. The summed E-state index contributed by atoms with van der Waals surface area (Å²) in [6, 6.07) is 2.16. The lowest BCUT2D eigenvalue weighted by Gasteiger charge is -2.47. The van der Waals surface area contributed by atoms with Crippen LogP contribution in [0.4, 0.5) is 14.6 Å². The van der Waals surface area contributed by atoms with Crippen LogP contribution < -0.4 is 10.2 Å². The number of nitrogens with one attached hydrogen (secondary N) is 2. The molecular weight excluding hydrogens is 416 g/mol. The van der Waals surface area contributed by atoms with Crippen molar-refractivity contribution in [1.29, 1.82) is 0 Å². The molecule has 2 saturated heterocycles. The van der Waals surface area contributed by atoms with Gasteiger partial charge in [-0.25, -0.2) is 13.8 Å². The molecular formula is C22H25F2N7O. The lowest BCUT2D eigenvalue weighted by Crippen LogP contribution is -2.65. The fourth-order valence-electron chi connectivity index (χ4n) is 5.15. The number of nitrogens with zero attached hydrogens (tertiary/aromatic N) is 5. The van der Waals surface area contributed by atoms with Gasteiger partial charge in [-0.3, -0.25) is 10.1 Å². The molecule has 2 bridgehead atoms. The van der Waals surface area contributed by atoms with E-state index in [1.165, 1.54) is 30.7 Å². The summed E-state index contributed by atoms with van der Waals surface area (Å²) in [4.78, 5) is 10.6. The lowest BCUT2D eigenvalue weighted by molar-refractivity contribution is 0.0859. The predicted molar refractivity (Wildman–Crippen MR) is 115 cm³/mol. The van der Waals surface area contributed by atoms with Crippen LogP contribution >= 0.6 is 0 Å². The predicted octanol–water partition coefficient (Wildman–Crippen LogP) is 3.22. The fourth-order valence-corrected chi connectivity index (χ4v) is 5.15. The van der Waals surface area contributed by atoms with Crippen LogP contribution in [0.5, 0.6) is 5.75 Å². The van der Waals surface area contributed by atoms with Crippen molar-refractivity contribution >= 4 is 5.82 Å². The number of rotatable bonds is 4. The second-order valence-electron chi connectivity index (χ2n) is 9.37. The van der Waals surface area contributed by atoms with Crippen LogP contribution in [0.2, 0.25) is 0 Å². The van der Waals surface area contributed by atoms with Gasteiger partial charge in [0.1, 0.15) is 23.6 Å². The molecule has 0 spiro atoms. The first-order chi connectivity index (χ1) is 15.2. The minimum Gasteiger partial charge on any atom is -0.507 e. The number of aromatic nitrogens is 5. The van der Waals surface area contributed by atoms with Crippen molar-refractivity contribution in [3.63, 3.8) is 0 Å². The summed E-state index contributed by atoms with van der Waals surface area (Å²) < 4.78 is 30.0. The highest BCUT2D eigenvalue weighted by molar-refractivity contribution is 5.73. The molecule has 2 aliphatic rings. The molecule has 1 aromatic carbocycles. The Bertz CT molecular complexity index is 1140. The molecule has 2 aliphatic heterocycles. The number of hydrogen-bond acceptors (Lipinski definition) is 7. The highest BCUT2D eigenvalue weighted by Gasteiger charge is 2.56. The molecule has 0 radical (unpaired) electrons. The van der Waals surface area contributed by atoms with E-state index in [0.29, 0.717) is 23.6 Å². The molecule has 4 heterocycles. The summed E-state index contributed by atoms with van der Waals surface area (Å²) in [5.74, 6) is -0.181. The smallest absolute Gasteiger partial charge is 0.147 e. The zero-order chi connectivity index (χ0) is 22.7. The Balaban J connectivity index is 1.41. The number of alkyl halides is 1. The van der Waals surface area contributed by atoms with E-state index in [-0.39, 0.29) is 28.5 Å². The molecule has 3 aromatic rings. The highest BCUT2D eigenvalue weighted by atomic mass is 19.1. The number of halogens is 2. The van der Waals surface area contributed by atoms with Gasteiger partial charge in [-0.1, -0.05) is 5.21 Å². The van der Waals surface area contributed by atoms with Crippen LogP contribution in [0.3, 0.4) is 0 Å². The summed E-state index contributed by atoms with van der Waals surface area (Å²) in [5, 5.41) is 23.7. The molecule has 2 aromatic heterocycles. The zero-order valence-corrected chi connectivity index (χ0v) is 18.1. The highest BCUT2D eigenvalue weighted by Crippen LogP contribution is 2.45. The minimum absolute atomic E-state index is 0.0983. The third-order valence-corrected chi connectivity index (χ3v) is 6.95. The molecule has 3 N–H and O–H groups in total. The second-order valence-corrected chi connectivity index (χ2v) is 9.37. The fraction of sp³-hybridized carbons (Fsp3) is 0.455. The van der Waals surface area contributed by atoms with Gasteiger partial charge in [-0.15, -0.1) is 5.10 Å². The number of fused-ring (bicyclic) bond motifs is 2. The van der Waals surface area contributed by atoms with Crippen LogP contribution in [0.15, 0.2) is 30.7 Å². The van der Waals surface area contributed by atoms with E-state index in [4.69, 9.17) is 0 Å². The van der Waals surface area contributed by atoms with Crippen molar-refractivity contribution in [3.05, 3.63) is 36.5 Å². The number of hydrogen-bond donors (Lipinski definition) is 3. The Morgan fingerprint density at radius 2 is 1.94 bits per heavy atom. The Hall–Kier alpha value is -3.14. The van der Waals surface area contributed by atoms with Crippen molar-refractivity contribution < 1.29 is 13.9 Å². The van der Waals surface area contributed by atoms with E-state index < -0.39 is 17.5 Å². The average molecular weight is 441 g/mol. The van der Waals surface area contributed by atoms with Gasteiger partial charge < -0.3 is 15.3 Å². The first kappa shape index (κ1) is 20.7. The molecule has 0 amide bonds. The first-order valence-electron chi connectivity index (χ1n) is 10.6. The minimum atomic E-state index is -1.05. The van der Waals surface area contributed by atoms with E-state index >= 15 is 4.39 Å². The van der Waals surface area contributed by atoms with Crippen molar-refractivity contribution in [1.82, 2.24) is 30.7 Å². The van der Waals surface area contributed by atoms with Crippen LogP contribution in [0, 0.1) is 5.82 Å². The molecule has 5 rings (SSSR count). The molecule has 0 saturated carbocycles. The Morgan fingerprint density at radius 1 is 1.12 bits per heavy atom. The number of aromatic hydroxyl groups is 1. The van der Waals surface area contributed by atoms with Crippen molar-refractivity contribution in [2.75, 3.05) is 11.9 Å². The van der Waals surface area contributed by atoms with Gasteiger partial charge in [0.05, 0.1) is 36.0 Å². The molecule has 168 valence electrons. The SMILES string of the molecule is CN(c1cnc(-c2cc(F)c(-c3cnn[nH]3)cc2O)cn1)[C@@H]1C[C@@]2(C)CC[C@](C)(N2)[C@@H]1F. The van der Waals surface area contributed by atoms with Gasteiger partial charge in [0.15, 0.2) is 0 Å². The van der Waals surface area contributed by atoms with Gasteiger partial charge in [-0.2, -0.15) is 0 Å². The number of piperidine rings is 1. The second kappa shape index (κ2) is 7.19. The van der Waals surface area contributed by atoms with Gasteiger partial charge in [0.2, 0.25) is 0 Å². The number of benzene rings is 1. The van der Waals surface area contributed by atoms with Crippen LogP contribution in [-0.4, -0.2) is 60.8 Å². The van der Waals surface area contributed by atoms with Crippen LogP contribution in [0.1, 0.15) is 33.1 Å². The summed E-state index contributed by atoms with van der Waals surface area (Å²) in [6.45, 7) is 4.08. The quantitative estimate of drug-likeness (QED) is 0.571. The van der Waals surface area contributed by atoms with Gasteiger partial charge in [-0.05, 0) is 45.2 Å². The number of phenolic OH excluding ortho intramolecular Hbond substituents is 1. The van der Waals surface area contributed by atoms with Crippen LogP contribution in [-0.2, 0) is 0 Å². The lowest BCUT2D eigenvalue weighted by atomic mass is 9.82. The number of aromatic amines is 1. The maximum absolute atomic E-state index is 15.4. The largest absolute Gasteiger partial charge is 0.507 e. The van der Waals surface area contributed by atoms with Crippen molar-refractivity contribution in [3.8, 4) is 28.3 Å². The van der Waals surface area contributed by atoms with Crippen LogP contribution in [0.25, 0.3) is 22.5 Å². The topological polar surface area (TPSA) is 103 Å². The van der Waals surface area contributed by atoms with Crippen molar-refractivity contribution in [2.24, 2.45) is 0 Å². The number of phenols is 1. The summed E-state index contributed by atoms with van der Waals surface area (Å²) in [7, 11) is 1.82. The van der Waals surface area contributed by atoms with E-state index in [0.717, 1.165) is 12.8 Å². The molecule has 8 nitrogen and oxygen atoms in total. The molecule has 0 unspecified atom stereocenters. The first-order valence-corrected chi connectivity index (χ1v) is 10.6. The Morgan fingerprint density at radius 3 is 2.62 bits per heavy atom. The monoisotopic (exact) mass is 441 g/mol. The third-order valence-electron chi connectivity index (χ3n) is 6.95. The average Bonchev–Trinajstić information content (AvgIpc) is 3.39. The Labute approximate surface area is 184 Å². The van der Waals surface area contributed by atoms with Gasteiger partial charge in [0.25, 0.3) is 0 Å². The maximum atomic E-state index is 15.4. The maximum Gasteiger partial charge on any atom is 0.147 e. The van der Waals surface area contributed by atoms with E-state index in [9.17, 15) is 9.50 Å². The number of H-pyrrole nitrogens is 1. The summed E-state index contributed by atoms with van der Waals surface area (Å²) in [5.41, 5.74) is 0.384. The molecule has 4 atom stereocenters. The molecule has 2 fully saturated rings. The zero-order valence-electron chi connectivity index (χ0n) is 18.1. The van der Waals surface area contributed by atoms with E-state index in [2.05, 4.69) is 37.6 Å². The van der Waals surface area contributed by atoms with Gasteiger partial charge >= 0.3 is 0 Å². The number of anilines is 1. The van der Waals surface area contributed by atoms with E-state index in [1.54, 1.807) is 0 Å². The molecule has 32 heavy (non-hydrogen) atoms. The van der Waals surface area contributed by atoms with Crippen molar-refractivity contribution in [2.45, 2.75) is 56.4 Å². The van der Waals surface area contributed by atoms with Gasteiger partial charge in [0, 0.05) is 29.3 Å². The summed E-state index contributed by atoms with van der Waals surface area (Å²) in [6.07, 6.45) is 5.72. The molecule has 0 aliphatic carbocycles. The van der Waals surface area contributed by atoms with E-state index in [1.807, 2.05) is 18.9 Å². The normalized spacial score (nSPS) is 29.3.